The zero-order valence-electron chi connectivity index (χ0n) is 21.2. The lowest BCUT2D eigenvalue weighted by Crippen LogP contribution is -2.31. The van der Waals surface area contributed by atoms with Gasteiger partial charge < -0.3 is 20.5 Å². The van der Waals surface area contributed by atoms with Gasteiger partial charge in [0.05, 0.1) is 10.4 Å². The van der Waals surface area contributed by atoms with Crippen molar-refractivity contribution in [2.24, 2.45) is 5.92 Å². The summed E-state index contributed by atoms with van der Waals surface area (Å²) in [5.41, 5.74) is 0.497. The number of hydrogen-bond acceptors (Lipinski definition) is 9. The molecule has 0 bridgehead atoms. The lowest BCUT2D eigenvalue weighted by atomic mass is 10.2. The summed E-state index contributed by atoms with van der Waals surface area (Å²) in [6.07, 6.45) is 1.21. The minimum Gasteiger partial charge on any atom is -0.368 e. The average molecular weight is 539 g/mol. The van der Waals surface area contributed by atoms with Crippen molar-refractivity contribution < 1.29 is 14.1 Å². The van der Waals surface area contributed by atoms with Gasteiger partial charge in [0.25, 0.3) is 5.56 Å². The number of nitrogens with one attached hydrogen (secondary N) is 5. The van der Waals surface area contributed by atoms with E-state index in [0.29, 0.717) is 66.3 Å². The van der Waals surface area contributed by atoms with E-state index < -0.39 is 0 Å². The molecule has 13 heteroatoms. The number of amides is 3. The number of nitrogens with zero attached hydrogens (tertiary/aromatic N) is 3. The van der Waals surface area contributed by atoms with E-state index in [-0.39, 0.29) is 23.9 Å². The summed E-state index contributed by atoms with van der Waals surface area (Å²) in [7, 11) is 0. The number of fused-ring (bicyclic) bond motifs is 1. The van der Waals surface area contributed by atoms with Gasteiger partial charge in [-0.05, 0) is 24.5 Å². The lowest BCUT2D eigenvalue weighted by Gasteiger charge is -2.08. The molecule has 3 aromatic heterocycles. The van der Waals surface area contributed by atoms with Crippen LogP contribution in [0.15, 0.2) is 45.0 Å². The summed E-state index contributed by atoms with van der Waals surface area (Å²) in [6, 6.07) is 8.76. The van der Waals surface area contributed by atoms with Crippen molar-refractivity contribution in [2.75, 3.05) is 30.3 Å². The van der Waals surface area contributed by atoms with Gasteiger partial charge in [-0.15, -0.1) is 11.3 Å². The normalized spacial score (nSPS) is 11.0. The fraction of sp³-hybridized carbons (Fsp3) is 0.360. The summed E-state index contributed by atoms with van der Waals surface area (Å²) in [5, 5.41) is 26.0. The van der Waals surface area contributed by atoms with Gasteiger partial charge >= 0.3 is 6.03 Å². The van der Waals surface area contributed by atoms with Crippen molar-refractivity contribution >= 4 is 44.9 Å². The highest BCUT2D eigenvalue weighted by molar-refractivity contribution is 7.14. The molecule has 3 heterocycles. The van der Waals surface area contributed by atoms with Gasteiger partial charge in [0, 0.05) is 48.8 Å². The Balaban J connectivity index is 1.16. The maximum Gasteiger partial charge on any atom is 0.319 e. The van der Waals surface area contributed by atoms with Crippen molar-refractivity contribution in [3.05, 3.63) is 52.0 Å². The number of aryl methyl sites for hydroxylation is 1. The van der Waals surface area contributed by atoms with Crippen LogP contribution in [0.3, 0.4) is 0 Å². The number of carbonyl (C=O) groups excluding carboxylic acids is 2. The predicted molar refractivity (Wildman–Crippen MR) is 146 cm³/mol. The zero-order chi connectivity index (χ0) is 26.9. The Labute approximate surface area is 222 Å². The number of anilines is 2. The fourth-order valence-electron chi connectivity index (χ4n) is 3.53. The molecule has 38 heavy (non-hydrogen) atoms. The summed E-state index contributed by atoms with van der Waals surface area (Å²) in [6.45, 7) is 5.70. The standard InChI is InChI=1S/C25H30N8O4S/c1-15(2)13-28-25(36)30-21-12-16(14-38-21)22-29-20(37-33-22)9-8-19(34)26-10-5-11-27-23-17-6-3-4-7-18(17)24(35)32-31-23/h3-4,6-7,12,14-15H,5,8-11,13H2,1-2H3,(H,26,34)(H,27,31)(H,32,35)(H2,28,30,36). The zero-order valence-corrected chi connectivity index (χ0v) is 22.0. The Morgan fingerprint density at radius 2 is 1.95 bits per heavy atom. The third-order valence-electron chi connectivity index (χ3n) is 5.46. The molecular formula is C25H30N8O4S. The van der Waals surface area contributed by atoms with Crippen LogP contribution in [0.1, 0.15) is 32.6 Å². The van der Waals surface area contributed by atoms with Crippen LogP contribution in [-0.4, -0.2) is 51.9 Å². The SMILES string of the molecule is CC(C)CNC(=O)Nc1cc(-c2noc(CCC(=O)NCCCNc3n[nH]c(=O)c4ccccc34)n2)cs1. The van der Waals surface area contributed by atoms with Crippen molar-refractivity contribution in [3.63, 3.8) is 0 Å². The van der Waals surface area contributed by atoms with Gasteiger partial charge in [-0.3, -0.25) is 14.9 Å². The summed E-state index contributed by atoms with van der Waals surface area (Å²) >= 11 is 1.36. The minimum absolute atomic E-state index is 0.119. The monoisotopic (exact) mass is 538 g/mol. The number of benzene rings is 1. The molecule has 0 saturated heterocycles. The fourth-order valence-corrected chi connectivity index (χ4v) is 4.30. The molecule has 5 N–H and O–H groups in total. The van der Waals surface area contributed by atoms with Crippen molar-refractivity contribution in [3.8, 4) is 11.4 Å². The quantitative estimate of drug-likeness (QED) is 0.171. The van der Waals surface area contributed by atoms with Gasteiger partial charge in [0.1, 0.15) is 0 Å². The molecule has 0 saturated carbocycles. The van der Waals surface area contributed by atoms with E-state index >= 15 is 0 Å². The first-order valence-electron chi connectivity index (χ1n) is 12.3. The average Bonchev–Trinajstić information content (AvgIpc) is 3.57. The van der Waals surface area contributed by atoms with Gasteiger partial charge in [-0.1, -0.05) is 37.2 Å². The van der Waals surface area contributed by atoms with Crippen LogP contribution in [0, 0.1) is 5.92 Å². The molecule has 0 spiro atoms. The second-order valence-electron chi connectivity index (χ2n) is 9.02. The van der Waals surface area contributed by atoms with Crippen molar-refractivity contribution in [1.82, 2.24) is 31.0 Å². The van der Waals surface area contributed by atoms with Crippen LogP contribution < -0.4 is 26.8 Å². The van der Waals surface area contributed by atoms with E-state index in [1.807, 2.05) is 31.4 Å². The van der Waals surface area contributed by atoms with Gasteiger partial charge in [0.15, 0.2) is 5.82 Å². The molecular weight excluding hydrogens is 508 g/mol. The number of aromatic amines is 1. The van der Waals surface area contributed by atoms with E-state index in [1.165, 1.54) is 11.3 Å². The van der Waals surface area contributed by atoms with Crippen molar-refractivity contribution in [1.29, 1.82) is 0 Å². The topological polar surface area (TPSA) is 167 Å². The maximum atomic E-state index is 12.2. The van der Waals surface area contributed by atoms with E-state index in [0.717, 1.165) is 10.9 Å². The molecule has 0 atom stereocenters. The van der Waals surface area contributed by atoms with Gasteiger partial charge in [0.2, 0.25) is 17.6 Å². The summed E-state index contributed by atoms with van der Waals surface area (Å²) < 4.78 is 5.28. The second kappa shape index (κ2) is 12.8. The molecule has 200 valence electrons. The third-order valence-corrected chi connectivity index (χ3v) is 6.31. The first-order valence-corrected chi connectivity index (χ1v) is 13.2. The van der Waals surface area contributed by atoms with E-state index in [9.17, 15) is 14.4 Å². The number of H-pyrrole nitrogens is 1. The predicted octanol–water partition coefficient (Wildman–Crippen LogP) is 3.36. The molecule has 0 unspecified atom stereocenters. The molecule has 0 aliphatic carbocycles. The lowest BCUT2D eigenvalue weighted by molar-refractivity contribution is -0.121. The Hall–Kier alpha value is -4.26. The number of hydrogen-bond donors (Lipinski definition) is 5. The highest BCUT2D eigenvalue weighted by atomic mass is 32.1. The number of urea groups is 1. The van der Waals surface area contributed by atoms with Crippen LogP contribution in [0.5, 0.6) is 0 Å². The van der Waals surface area contributed by atoms with E-state index in [4.69, 9.17) is 4.52 Å². The van der Waals surface area contributed by atoms with Crippen LogP contribution in [0.4, 0.5) is 15.6 Å². The number of rotatable bonds is 12. The highest BCUT2D eigenvalue weighted by Crippen LogP contribution is 2.27. The first-order chi connectivity index (χ1) is 18.4. The Morgan fingerprint density at radius 1 is 1.13 bits per heavy atom. The van der Waals surface area contributed by atoms with E-state index in [2.05, 4.69) is 41.6 Å². The first kappa shape index (κ1) is 26.8. The van der Waals surface area contributed by atoms with E-state index in [1.54, 1.807) is 18.2 Å². The molecule has 1 aromatic carbocycles. The smallest absolute Gasteiger partial charge is 0.319 e. The maximum absolute atomic E-state index is 12.2. The number of carbonyl (C=O) groups is 2. The molecule has 0 aliphatic heterocycles. The Bertz CT molecular complexity index is 1440. The number of aromatic nitrogens is 4. The second-order valence-corrected chi connectivity index (χ2v) is 9.93. The van der Waals surface area contributed by atoms with Gasteiger partial charge in [-0.2, -0.15) is 10.1 Å². The molecule has 0 aliphatic rings. The van der Waals surface area contributed by atoms with Crippen LogP contribution >= 0.6 is 11.3 Å². The largest absolute Gasteiger partial charge is 0.368 e. The Morgan fingerprint density at radius 3 is 2.76 bits per heavy atom. The molecule has 0 fully saturated rings. The Kier molecular flexibility index (Phi) is 9.03. The van der Waals surface area contributed by atoms with Crippen LogP contribution in [0.25, 0.3) is 22.2 Å². The third kappa shape index (κ3) is 7.38. The minimum atomic E-state index is -0.260. The highest BCUT2D eigenvalue weighted by Gasteiger charge is 2.13. The number of thiophene rings is 1. The molecule has 4 rings (SSSR count). The molecule has 12 nitrogen and oxygen atoms in total. The summed E-state index contributed by atoms with van der Waals surface area (Å²) in [5.74, 6) is 1.61. The van der Waals surface area contributed by atoms with Crippen molar-refractivity contribution in [2.45, 2.75) is 33.1 Å². The summed E-state index contributed by atoms with van der Waals surface area (Å²) in [4.78, 5) is 40.4. The molecule has 0 radical (unpaired) electrons. The molecule has 3 amide bonds. The van der Waals surface area contributed by atoms with Crippen LogP contribution in [-0.2, 0) is 11.2 Å². The van der Waals surface area contributed by atoms with Gasteiger partial charge in [-0.25, -0.2) is 9.89 Å². The molecule has 4 aromatic rings. The van der Waals surface area contributed by atoms with Crippen LogP contribution in [0.2, 0.25) is 0 Å².